The van der Waals surface area contributed by atoms with Gasteiger partial charge < -0.3 is 38.7 Å². The number of ether oxygens (including phenoxy) is 6. The molecule has 27 nitrogen and oxygen atoms in total. The van der Waals surface area contributed by atoms with Crippen LogP contribution in [0.1, 0.15) is 141 Å². The second-order valence-electron chi connectivity index (χ2n) is 33.0. The van der Waals surface area contributed by atoms with Crippen molar-refractivity contribution in [2.75, 3.05) is 39.6 Å². The Kier molecular flexibility index (Phi) is 38.2. The standard InChI is InChI=1S/C28H37Cl2N5O4SSi.C28H38ClN5O4SSi.C28H36ClN5O4SSi.BH.U/c1-6-8-13-39-19-9-11-21(23(29)16-19)24-17-22(25-12-10-20(7-2)40-25)26(27(36)34(24)30)35-28(37)33(31-32-35)18-38-14-15-41(3,4)5;2*1-6-8-13-38-19-9-11-21(23(29)16-19)24-17-22(25-12-10-20(7-2)39-25)26(27(35)30-24)34-28(36)33(31-32-34)18-37-14-15-40(3,4)5;;/h9-12,16,24H,6-8,13-15,17-18H2,1-5H3;9-12,16,24H,6-8,13-15,17-18H2,1-5H3,(H,30,35);9-12,16-17H,6-8,13-15,18H2,1-5H3,(H,30,35);1H;/t2*24-;;;/m00.../s1/i;;;1D;. The number of amides is 2. The number of carbonyl (C=O) groups excluding carboxylic acids is 2. The maximum atomic E-state index is 13.9. The van der Waals surface area contributed by atoms with Crippen LogP contribution in [0.25, 0.3) is 49.9 Å². The molecular formula is C84H112BCl4N15O12S3Si3U. The van der Waals surface area contributed by atoms with Crippen molar-refractivity contribution in [1.29, 1.82) is 1.34 Å². The van der Waals surface area contributed by atoms with Gasteiger partial charge in [-0.25, -0.2) is 18.8 Å². The van der Waals surface area contributed by atoms with Crippen LogP contribution in [0.15, 0.2) is 116 Å². The Morgan fingerprint density at radius 2 is 0.870 bits per heavy atom. The molecule has 0 spiro atoms. The summed E-state index contributed by atoms with van der Waals surface area (Å²) in [5.74, 6) is 1.06. The molecule has 9 heterocycles. The smallest absolute Gasteiger partial charge is 0.370 e. The van der Waals surface area contributed by atoms with E-state index >= 15 is 0 Å². The molecule has 0 saturated carbocycles. The number of hydrogen-bond acceptors (Lipinski definition) is 21. The minimum absolute atomic E-state index is 0. The van der Waals surface area contributed by atoms with E-state index in [1.165, 1.54) is 4.88 Å². The monoisotopic (exact) mass is 2090 g/mol. The average Bonchev–Trinajstić information content (AvgIpc) is 1.44. The summed E-state index contributed by atoms with van der Waals surface area (Å²) < 4.78 is 47.4. The first-order valence-corrected chi connectivity index (χ1v) is 56.2. The fraction of sp³-hybridized carbons (Fsp3) is 0.476. The second kappa shape index (κ2) is 47.1. The molecule has 39 heteroatoms. The number of aromatic nitrogens is 13. The number of H-pyrrole nitrogens is 1. The maximum Gasteiger partial charge on any atom is 0.370 e. The number of carbonyl (C=O) groups is 2. The average molecular weight is 2100 g/mol. The Bertz CT molecular complexity index is 5540. The predicted octanol–water partition coefficient (Wildman–Crippen LogP) is 18.1. The van der Waals surface area contributed by atoms with E-state index in [-0.39, 0.29) is 74.4 Å². The fourth-order valence-electron chi connectivity index (χ4n) is 12.7. The van der Waals surface area contributed by atoms with Gasteiger partial charge in [0.1, 0.15) is 54.5 Å². The number of nitrogens with one attached hydrogen (secondary N) is 2. The molecule has 12 rings (SSSR count). The molecule has 2 aliphatic heterocycles. The molecule has 0 fully saturated rings. The molecule has 2 radical (unpaired) electrons. The predicted molar refractivity (Wildman–Crippen MR) is 501 cm³/mol. The van der Waals surface area contributed by atoms with Gasteiger partial charge in [-0.1, -0.05) is 167 Å². The van der Waals surface area contributed by atoms with Crippen LogP contribution in [0.5, 0.6) is 17.2 Å². The molecule has 0 unspecified atom stereocenters. The van der Waals surface area contributed by atoms with Gasteiger partial charge in [-0.15, -0.1) is 34.0 Å². The maximum absolute atomic E-state index is 13.9. The topological polar surface area (TPSA) is 296 Å². The van der Waals surface area contributed by atoms with Crippen LogP contribution in [-0.4, -0.2) is 154 Å². The van der Waals surface area contributed by atoms with Gasteiger partial charge in [0.2, 0.25) is 0 Å². The van der Waals surface area contributed by atoms with Crippen LogP contribution in [0.2, 0.25) is 92.1 Å². The van der Waals surface area contributed by atoms with E-state index in [1.54, 1.807) is 52.2 Å². The molecule has 7 aromatic heterocycles. The zero-order valence-corrected chi connectivity index (χ0v) is 85.3. The molecule has 2 amide bonds. The van der Waals surface area contributed by atoms with Crippen LogP contribution in [0.3, 0.4) is 0 Å². The van der Waals surface area contributed by atoms with Gasteiger partial charge in [0, 0.05) is 170 Å². The molecule has 0 aliphatic carbocycles. The number of aromatic amines is 1. The van der Waals surface area contributed by atoms with Gasteiger partial charge in [0.15, 0.2) is 0 Å². The van der Waals surface area contributed by atoms with Crippen molar-refractivity contribution in [2.24, 2.45) is 0 Å². The first-order chi connectivity index (χ1) is 58.7. The molecule has 3 aromatic carbocycles. The Hall–Kier alpha value is -7.05. The van der Waals surface area contributed by atoms with Crippen LogP contribution >= 0.6 is 80.6 Å². The van der Waals surface area contributed by atoms with Gasteiger partial charge in [-0.2, -0.15) is 28.1 Å². The fourth-order valence-corrected chi connectivity index (χ4v) is 19.0. The molecule has 10 aromatic rings. The number of halogens is 4. The minimum Gasteiger partial charge on any atom is -0.494 e. The largest absolute Gasteiger partial charge is 0.494 e. The number of rotatable bonds is 39. The van der Waals surface area contributed by atoms with Crippen molar-refractivity contribution in [2.45, 2.75) is 222 Å². The van der Waals surface area contributed by atoms with Gasteiger partial charge >= 0.3 is 17.1 Å². The van der Waals surface area contributed by atoms with E-state index in [9.17, 15) is 28.8 Å². The van der Waals surface area contributed by atoms with Crippen molar-refractivity contribution in [3.8, 4) is 44.6 Å². The number of benzene rings is 3. The summed E-state index contributed by atoms with van der Waals surface area (Å²) >= 11 is 31.4. The van der Waals surface area contributed by atoms with Crippen molar-refractivity contribution < 1.29 is 69.1 Å². The van der Waals surface area contributed by atoms with E-state index in [4.69, 9.17) is 76.3 Å². The number of pyridine rings is 1. The number of nitrogens with zero attached hydrogens (tertiary/aromatic N) is 13. The van der Waals surface area contributed by atoms with E-state index < -0.39 is 64.7 Å². The van der Waals surface area contributed by atoms with Gasteiger partial charge in [0.25, 0.3) is 17.4 Å². The SMILES string of the molecule is CCCCOc1ccc(-c2cc(-c3ccc(CC)s3)c(-n3nnn(COCC[Si](C)(C)C)c3=O)c(=O)[nH]2)c(Cl)c1.CCCCOc1ccc([C@@H]2CC(c3ccc(CC)s3)=C(n3nnn(COCC[Si](C)(C)C)c3=O)C(=O)N2)c(Cl)c1.CCCCOc1ccc([C@@H]2CC(c3ccc(CC)s3)=C(n3nnn(COCC[Si](C)(C)C)c3=O)C(=O)N2Cl)c(Cl)c1.[2H][B].[U]. The van der Waals surface area contributed by atoms with Crippen LogP contribution < -0.4 is 42.2 Å². The van der Waals surface area contributed by atoms with E-state index in [0.29, 0.717) is 113 Å². The quantitative estimate of drug-likeness (QED) is 0.0205. The number of unbranched alkanes of at least 4 members (excludes halogenated alkanes) is 3. The summed E-state index contributed by atoms with van der Waals surface area (Å²) in [5, 5.41) is 28.6. The molecule has 0 bridgehead atoms. The summed E-state index contributed by atoms with van der Waals surface area (Å²) in [4.78, 5) is 90.0. The molecule has 2 atom stereocenters. The van der Waals surface area contributed by atoms with E-state index in [2.05, 4.69) is 150 Å². The van der Waals surface area contributed by atoms with Crippen molar-refractivity contribution >= 4 is 148 Å². The zero-order valence-electron chi connectivity index (χ0n) is 73.7. The summed E-state index contributed by atoms with van der Waals surface area (Å²) in [6.45, 7) is 36.2. The molecule has 0 saturated heterocycles. The zero-order chi connectivity index (χ0) is 89.5. The van der Waals surface area contributed by atoms with E-state index in [0.717, 1.165) is 144 Å². The summed E-state index contributed by atoms with van der Waals surface area (Å²) in [7, 11) is -0.0759. The van der Waals surface area contributed by atoms with Crippen LogP contribution in [0, 0.1) is 31.1 Å². The third-order valence-electron chi connectivity index (χ3n) is 19.9. The molecular weight excluding hydrogens is 1980 g/mol. The summed E-state index contributed by atoms with van der Waals surface area (Å²) in [6, 6.07) is 32.2. The normalized spacial score (nSPS) is 14.4. The Morgan fingerprint density at radius 3 is 1.29 bits per heavy atom. The third kappa shape index (κ3) is 27.5. The Balaban J connectivity index is 0.000000227. The molecule has 660 valence electrons. The molecule has 123 heavy (non-hydrogen) atoms. The third-order valence-corrected chi connectivity index (χ3v) is 30.2. The van der Waals surface area contributed by atoms with Gasteiger partial charge in [-0.3, -0.25) is 14.4 Å². The number of hydrogen-bond donors (Lipinski definition) is 2. The van der Waals surface area contributed by atoms with Gasteiger partial charge in [-0.05, 0) is 185 Å². The Morgan fingerprint density at radius 1 is 0.472 bits per heavy atom. The number of aryl methyl sites for hydroxylation is 3. The van der Waals surface area contributed by atoms with Crippen LogP contribution in [0.4, 0.5) is 0 Å². The first-order valence-electron chi connectivity index (χ1n) is 41.7. The van der Waals surface area contributed by atoms with E-state index in [1.807, 2.05) is 78.9 Å². The van der Waals surface area contributed by atoms with Gasteiger partial charge in [0.05, 0.1) is 42.6 Å². The van der Waals surface area contributed by atoms with Crippen molar-refractivity contribution in [3.63, 3.8) is 0 Å². The molecule has 2 N–H and O–H groups in total. The van der Waals surface area contributed by atoms with Crippen LogP contribution in [-0.2, 0) is 63.3 Å². The summed E-state index contributed by atoms with van der Waals surface area (Å²) in [5.41, 5.74) is 2.84. The second-order valence-corrected chi connectivity index (χ2v) is 55.0. The van der Waals surface area contributed by atoms with Crippen molar-refractivity contribution in [1.82, 2.24) is 74.1 Å². The minimum atomic E-state index is -1.29. The summed E-state index contributed by atoms with van der Waals surface area (Å²) in [6.07, 6.45) is 9.31. The first kappa shape index (κ1) is 99.7. The molecule has 2 aliphatic rings. The van der Waals surface area contributed by atoms with Crippen molar-refractivity contribution in [3.05, 3.63) is 189 Å². The number of thiophene rings is 3. The Labute approximate surface area is 780 Å². The number of tetrazole rings is 3.